The van der Waals surface area contributed by atoms with Gasteiger partial charge >= 0.3 is 6.18 Å². The molecule has 7 heteroatoms. The van der Waals surface area contributed by atoms with Gasteiger partial charge in [0.25, 0.3) is 5.91 Å². The van der Waals surface area contributed by atoms with Crippen LogP contribution in [0.25, 0.3) is 0 Å². The van der Waals surface area contributed by atoms with Crippen LogP contribution in [-0.2, 0) is 11.0 Å². The van der Waals surface area contributed by atoms with Crippen LogP contribution in [0.1, 0.15) is 5.56 Å². The lowest BCUT2D eigenvalue weighted by molar-refractivity contribution is -0.137. The predicted octanol–water partition coefficient (Wildman–Crippen LogP) is 3.28. The van der Waals surface area contributed by atoms with Crippen LogP contribution in [0.15, 0.2) is 54.6 Å². The molecule has 0 aliphatic heterocycles. The topological polar surface area (TPSA) is 47.6 Å². The third-order valence-electron chi connectivity index (χ3n) is 2.97. The molecule has 24 heavy (non-hydrogen) atoms. The van der Waals surface area contributed by atoms with Crippen molar-refractivity contribution in [1.82, 2.24) is 5.32 Å². The summed E-state index contributed by atoms with van der Waals surface area (Å²) in [5.41, 5.74) is -0.823. The molecule has 2 rings (SSSR count). The van der Waals surface area contributed by atoms with Crippen molar-refractivity contribution in [2.45, 2.75) is 6.18 Å². The summed E-state index contributed by atoms with van der Waals surface area (Å²) in [7, 11) is 0. The van der Waals surface area contributed by atoms with Crippen LogP contribution in [0, 0.1) is 0 Å². The summed E-state index contributed by atoms with van der Waals surface area (Å²) in [5.74, 6) is 0.233. The van der Waals surface area contributed by atoms with Crippen molar-refractivity contribution < 1.29 is 27.4 Å². The average molecular weight is 339 g/mol. The van der Waals surface area contributed by atoms with Crippen LogP contribution in [0.5, 0.6) is 11.5 Å². The third kappa shape index (κ3) is 5.83. The highest BCUT2D eigenvalue weighted by atomic mass is 19.4. The largest absolute Gasteiger partial charge is 0.492 e. The third-order valence-corrected chi connectivity index (χ3v) is 2.97. The number of hydrogen-bond acceptors (Lipinski definition) is 3. The summed E-state index contributed by atoms with van der Waals surface area (Å²) < 4.78 is 48.1. The molecule has 0 fully saturated rings. The number of nitrogens with one attached hydrogen (secondary N) is 1. The number of hydrogen-bond donors (Lipinski definition) is 1. The predicted molar refractivity (Wildman–Crippen MR) is 81.9 cm³/mol. The summed E-state index contributed by atoms with van der Waals surface area (Å²) in [5, 5.41) is 2.56. The zero-order valence-electron chi connectivity index (χ0n) is 12.7. The molecule has 4 nitrogen and oxygen atoms in total. The lowest BCUT2D eigenvalue weighted by Crippen LogP contribution is -2.32. The molecule has 1 amide bonds. The molecule has 1 N–H and O–H groups in total. The highest BCUT2D eigenvalue weighted by molar-refractivity contribution is 5.77. The Morgan fingerprint density at radius 3 is 2.38 bits per heavy atom. The second-order valence-electron chi connectivity index (χ2n) is 4.83. The Hall–Kier alpha value is -2.70. The Kier molecular flexibility index (Phi) is 6.06. The van der Waals surface area contributed by atoms with Gasteiger partial charge < -0.3 is 14.8 Å². The van der Waals surface area contributed by atoms with Gasteiger partial charge in [0, 0.05) is 0 Å². The maximum atomic E-state index is 12.6. The van der Waals surface area contributed by atoms with Crippen LogP contribution in [0.2, 0.25) is 0 Å². The smallest absolute Gasteiger partial charge is 0.416 e. The fraction of sp³-hybridized carbons (Fsp3) is 0.235. The Morgan fingerprint density at radius 1 is 0.958 bits per heavy atom. The van der Waals surface area contributed by atoms with Crippen molar-refractivity contribution in [1.29, 1.82) is 0 Å². The number of amides is 1. The van der Waals surface area contributed by atoms with Gasteiger partial charge in [-0.05, 0) is 30.3 Å². The van der Waals surface area contributed by atoms with E-state index in [0.717, 1.165) is 12.1 Å². The Bertz CT molecular complexity index is 660. The normalized spacial score (nSPS) is 11.0. The highest BCUT2D eigenvalue weighted by Crippen LogP contribution is 2.31. The second-order valence-corrected chi connectivity index (χ2v) is 4.83. The van der Waals surface area contributed by atoms with Gasteiger partial charge in [-0.25, -0.2) is 0 Å². The van der Waals surface area contributed by atoms with Crippen LogP contribution in [-0.4, -0.2) is 25.7 Å². The van der Waals surface area contributed by atoms with Gasteiger partial charge in [0.2, 0.25) is 0 Å². The van der Waals surface area contributed by atoms with E-state index < -0.39 is 17.6 Å². The first kappa shape index (κ1) is 17.7. The maximum Gasteiger partial charge on any atom is 0.416 e. The minimum atomic E-state index is -4.45. The van der Waals surface area contributed by atoms with E-state index in [1.165, 1.54) is 12.1 Å². The number of benzene rings is 2. The molecule has 0 saturated heterocycles. The fourth-order valence-corrected chi connectivity index (χ4v) is 1.84. The van der Waals surface area contributed by atoms with Crippen LogP contribution in [0.4, 0.5) is 13.2 Å². The van der Waals surface area contributed by atoms with Crippen molar-refractivity contribution in [2.24, 2.45) is 0 Å². The molecule has 0 spiro atoms. The lowest BCUT2D eigenvalue weighted by atomic mass is 10.2. The van der Waals surface area contributed by atoms with Crippen LogP contribution >= 0.6 is 0 Å². The van der Waals surface area contributed by atoms with Crippen molar-refractivity contribution in [2.75, 3.05) is 19.8 Å². The highest BCUT2D eigenvalue weighted by Gasteiger charge is 2.30. The molecule has 2 aromatic carbocycles. The summed E-state index contributed by atoms with van der Waals surface area (Å²) >= 11 is 0. The van der Waals surface area contributed by atoms with Gasteiger partial charge in [-0.3, -0.25) is 4.79 Å². The van der Waals surface area contributed by atoms with Gasteiger partial charge in [-0.15, -0.1) is 0 Å². The van der Waals surface area contributed by atoms with Crippen LogP contribution < -0.4 is 14.8 Å². The van der Waals surface area contributed by atoms with Gasteiger partial charge in [0.15, 0.2) is 6.61 Å². The fourth-order valence-electron chi connectivity index (χ4n) is 1.84. The van der Waals surface area contributed by atoms with E-state index in [1.54, 1.807) is 12.1 Å². The molecule has 0 bridgehead atoms. The zero-order chi connectivity index (χ0) is 17.4. The molecule has 0 radical (unpaired) electrons. The number of alkyl halides is 3. The number of para-hydroxylation sites is 1. The van der Waals surface area contributed by atoms with E-state index >= 15 is 0 Å². The first-order chi connectivity index (χ1) is 11.4. The molecule has 0 heterocycles. The van der Waals surface area contributed by atoms with Crippen molar-refractivity contribution in [3.05, 3.63) is 60.2 Å². The van der Waals surface area contributed by atoms with Gasteiger partial charge in [-0.1, -0.05) is 24.3 Å². The van der Waals surface area contributed by atoms with Gasteiger partial charge in [0.05, 0.1) is 12.1 Å². The maximum absolute atomic E-state index is 12.6. The van der Waals surface area contributed by atoms with Gasteiger partial charge in [-0.2, -0.15) is 13.2 Å². The first-order valence-electron chi connectivity index (χ1n) is 7.20. The van der Waals surface area contributed by atoms with Crippen molar-refractivity contribution in [3.63, 3.8) is 0 Å². The second kappa shape index (κ2) is 8.24. The standard InChI is InChI=1S/C17H16F3NO3/c18-17(19,20)13-5-4-8-15(11-13)24-12-16(22)21-9-10-23-14-6-2-1-3-7-14/h1-8,11H,9-10,12H2,(H,21,22). The summed E-state index contributed by atoms with van der Waals surface area (Å²) in [4.78, 5) is 11.6. The monoisotopic (exact) mass is 339 g/mol. The quantitative estimate of drug-likeness (QED) is 0.788. The van der Waals surface area contributed by atoms with E-state index in [0.29, 0.717) is 5.75 Å². The SMILES string of the molecule is O=C(COc1cccc(C(F)(F)F)c1)NCCOc1ccccc1. The summed E-state index contributed by atoms with van der Waals surface area (Å²) in [6.07, 6.45) is -4.45. The lowest BCUT2D eigenvalue weighted by Gasteiger charge is -2.11. The molecule has 0 atom stereocenters. The molecule has 0 aliphatic rings. The molecule has 0 aliphatic carbocycles. The summed E-state index contributed by atoms with van der Waals surface area (Å²) in [6, 6.07) is 13.5. The van der Waals surface area contributed by atoms with E-state index in [1.807, 2.05) is 18.2 Å². The zero-order valence-corrected chi connectivity index (χ0v) is 12.7. The van der Waals surface area contributed by atoms with Crippen molar-refractivity contribution in [3.8, 4) is 11.5 Å². The Balaban J connectivity index is 1.70. The number of halogens is 3. The van der Waals surface area contributed by atoms with Crippen molar-refractivity contribution >= 4 is 5.91 Å². The number of carbonyl (C=O) groups excluding carboxylic acids is 1. The Morgan fingerprint density at radius 2 is 1.67 bits per heavy atom. The molecular formula is C17H16F3NO3. The summed E-state index contributed by atoms with van der Waals surface area (Å²) in [6.45, 7) is 0.172. The van der Waals surface area contributed by atoms with E-state index in [-0.39, 0.29) is 25.5 Å². The number of rotatable bonds is 7. The minimum absolute atomic E-state index is 0.0134. The molecule has 2 aromatic rings. The van der Waals surface area contributed by atoms with E-state index in [9.17, 15) is 18.0 Å². The van der Waals surface area contributed by atoms with Crippen LogP contribution in [0.3, 0.4) is 0 Å². The first-order valence-corrected chi connectivity index (χ1v) is 7.20. The number of ether oxygens (including phenoxy) is 2. The van der Waals surface area contributed by atoms with E-state index in [2.05, 4.69) is 5.32 Å². The molecule has 0 aromatic heterocycles. The minimum Gasteiger partial charge on any atom is -0.492 e. The molecule has 0 unspecified atom stereocenters. The molecule has 128 valence electrons. The molecular weight excluding hydrogens is 323 g/mol. The number of carbonyl (C=O) groups is 1. The average Bonchev–Trinajstić information content (AvgIpc) is 2.57. The Labute approximate surface area is 137 Å². The molecule has 0 saturated carbocycles. The van der Waals surface area contributed by atoms with Gasteiger partial charge in [0.1, 0.15) is 18.1 Å². The van der Waals surface area contributed by atoms with E-state index in [4.69, 9.17) is 9.47 Å².